The molecule has 0 unspecified atom stereocenters. The maximum atomic E-state index is 12.4. The number of aromatic amines is 1. The summed E-state index contributed by atoms with van der Waals surface area (Å²) in [5, 5.41) is 14.1. The van der Waals surface area contributed by atoms with Gasteiger partial charge in [0.15, 0.2) is 0 Å². The quantitative estimate of drug-likeness (QED) is 0.674. The standard InChI is InChI=1S/C16H14N4O/c21-16(15-7-10-3-1-2-4-13(10)19-15)18-12-6-5-11-9-17-20-14(11)8-12/h1-6,8-9,15,19H,7H2,(H,17,20)(H,18,21)/t15-/m0/s1. The molecule has 0 saturated carbocycles. The summed E-state index contributed by atoms with van der Waals surface area (Å²) in [4.78, 5) is 12.4. The Bertz CT molecular complexity index is 799. The highest BCUT2D eigenvalue weighted by atomic mass is 16.2. The fourth-order valence-corrected chi connectivity index (χ4v) is 2.70. The van der Waals surface area contributed by atoms with Crippen LogP contribution in [0.25, 0.3) is 10.9 Å². The van der Waals surface area contributed by atoms with E-state index in [1.165, 1.54) is 5.56 Å². The molecule has 5 heteroatoms. The zero-order valence-electron chi connectivity index (χ0n) is 11.3. The molecule has 3 aromatic rings. The Morgan fingerprint density at radius 3 is 3.05 bits per heavy atom. The second kappa shape index (κ2) is 4.63. The Kier molecular flexibility index (Phi) is 2.64. The van der Waals surface area contributed by atoms with Crippen LogP contribution in [-0.2, 0) is 11.2 Å². The third-order valence-corrected chi connectivity index (χ3v) is 3.80. The molecule has 1 atom stereocenters. The highest BCUT2D eigenvalue weighted by Crippen LogP contribution is 2.26. The third kappa shape index (κ3) is 2.12. The van der Waals surface area contributed by atoms with Crippen molar-refractivity contribution in [1.82, 2.24) is 10.2 Å². The first-order valence-electron chi connectivity index (χ1n) is 6.88. The van der Waals surface area contributed by atoms with Gasteiger partial charge >= 0.3 is 0 Å². The number of fused-ring (bicyclic) bond motifs is 2. The molecule has 21 heavy (non-hydrogen) atoms. The monoisotopic (exact) mass is 278 g/mol. The number of benzene rings is 2. The van der Waals surface area contributed by atoms with Crippen molar-refractivity contribution in [3.8, 4) is 0 Å². The lowest BCUT2D eigenvalue weighted by Crippen LogP contribution is -2.32. The fraction of sp³-hybridized carbons (Fsp3) is 0.125. The van der Waals surface area contributed by atoms with E-state index in [0.717, 1.165) is 22.3 Å². The maximum absolute atomic E-state index is 12.4. The summed E-state index contributed by atoms with van der Waals surface area (Å²) in [6, 6.07) is 13.5. The van der Waals surface area contributed by atoms with Crippen molar-refractivity contribution >= 4 is 28.2 Å². The van der Waals surface area contributed by atoms with Crippen molar-refractivity contribution in [1.29, 1.82) is 0 Å². The molecule has 1 aromatic heterocycles. The lowest BCUT2D eigenvalue weighted by atomic mass is 10.1. The number of anilines is 2. The van der Waals surface area contributed by atoms with Crippen LogP contribution in [0.2, 0.25) is 0 Å². The number of nitrogens with zero attached hydrogens (tertiary/aromatic N) is 1. The molecule has 104 valence electrons. The Hall–Kier alpha value is -2.82. The summed E-state index contributed by atoms with van der Waals surface area (Å²) in [6.45, 7) is 0. The number of carbonyl (C=O) groups excluding carboxylic acids is 1. The first-order valence-corrected chi connectivity index (χ1v) is 6.88. The Morgan fingerprint density at radius 2 is 2.14 bits per heavy atom. The summed E-state index contributed by atoms with van der Waals surface area (Å²) < 4.78 is 0. The van der Waals surface area contributed by atoms with Crippen molar-refractivity contribution < 1.29 is 4.79 Å². The van der Waals surface area contributed by atoms with Crippen LogP contribution in [0.4, 0.5) is 11.4 Å². The van der Waals surface area contributed by atoms with E-state index in [-0.39, 0.29) is 11.9 Å². The van der Waals surface area contributed by atoms with Gasteiger partial charge in [-0.1, -0.05) is 18.2 Å². The molecule has 0 radical (unpaired) electrons. The van der Waals surface area contributed by atoms with E-state index in [2.05, 4.69) is 20.8 Å². The number of rotatable bonds is 2. The van der Waals surface area contributed by atoms with Gasteiger partial charge in [-0.25, -0.2) is 0 Å². The lowest BCUT2D eigenvalue weighted by Gasteiger charge is -2.12. The minimum absolute atomic E-state index is 0.0231. The van der Waals surface area contributed by atoms with Gasteiger partial charge in [-0.05, 0) is 29.8 Å². The second-order valence-electron chi connectivity index (χ2n) is 5.22. The molecule has 0 bridgehead atoms. The second-order valence-corrected chi connectivity index (χ2v) is 5.22. The number of amides is 1. The molecule has 1 amide bonds. The number of para-hydroxylation sites is 1. The van der Waals surface area contributed by atoms with Crippen LogP contribution < -0.4 is 10.6 Å². The van der Waals surface area contributed by atoms with E-state index in [1.54, 1.807) is 6.20 Å². The van der Waals surface area contributed by atoms with E-state index in [4.69, 9.17) is 0 Å². The van der Waals surface area contributed by atoms with E-state index in [0.29, 0.717) is 6.42 Å². The molecule has 0 fully saturated rings. The van der Waals surface area contributed by atoms with Gasteiger partial charge in [-0.15, -0.1) is 0 Å². The molecular weight excluding hydrogens is 264 g/mol. The molecule has 2 aromatic carbocycles. The molecule has 5 nitrogen and oxygen atoms in total. The van der Waals surface area contributed by atoms with Crippen molar-refractivity contribution in [3.63, 3.8) is 0 Å². The SMILES string of the molecule is O=C(Nc1ccc2cn[nH]c2c1)[C@@H]1Cc2ccccc2N1. The maximum Gasteiger partial charge on any atom is 0.247 e. The van der Waals surface area contributed by atoms with E-state index in [1.807, 2.05) is 42.5 Å². The Balaban J connectivity index is 1.51. The molecule has 3 N–H and O–H groups in total. The molecule has 0 saturated heterocycles. The Labute approximate surface area is 121 Å². The van der Waals surface area contributed by atoms with Crippen molar-refractivity contribution in [3.05, 3.63) is 54.2 Å². The summed E-state index contributed by atoms with van der Waals surface area (Å²) in [6.07, 6.45) is 2.48. The van der Waals surface area contributed by atoms with Crippen molar-refractivity contribution in [2.24, 2.45) is 0 Å². The summed E-state index contributed by atoms with van der Waals surface area (Å²) in [5.41, 5.74) is 3.91. The summed E-state index contributed by atoms with van der Waals surface area (Å²) in [7, 11) is 0. The number of hydrogen-bond donors (Lipinski definition) is 3. The van der Waals surface area contributed by atoms with Crippen LogP contribution in [0.3, 0.4) is 0 Å². The third-order valence-electron chi connectivity index (χ3n) is 3.80. The highest BCUT2D eigenvalue weighted by molar-refractivity contribution is 5.99. The van der Waals surface area contributed by atoms with Crippen LogP contribution in [0.5, 0.6) is 0 Å². The summed E-state index contributed by atoms with van der Waals surface area (Å²) in [5.74, 6) is -0.0231. The molecule has 2 heterocycles. The van der Waals surface area contributed by atoms with Gasteiger partial charge in [0.05, 0.1) is 11.7 Å². The van der Waals surface area contributed by atoms with Gasteiger partial charge in [0, 0.05) is 23.2 Å². The fourth-order valence-electron chi connectivity index (χ4n) is 2.70. The molecule has 0 aliphatic carbocycles. The molecule has 4 rings (SSSR count). The van der Waals surface area contributed by atoms with Crippen molar-refractivity contribution in [2.75, 3.05) is 10.6 Å². The number of H-pyrrole nitrogens is 1. The predicted octanol–water partition coefficient (Wildman–Crippen LogP) is 2.54. The largest absolute Gasteiger partial charge is 0.373 e. The lowest BCUT2D eigenvalue weighted by molar-refractivity contribution is -0.116. The van der Waals surface area contributed by atoms with Crippen LogP contribution in [0.1, 0.15) is 5.56 Å². The number of hydrogen-bond acceptors (Lipinski definition) is 3. The van der Waals surface area contributed by atoms with E-state index >= 15 is 0 Å². The van der Waals surface area contributed by atoms with Gasteiger partial charge < -0.3 is 10.6 Å². The average Bonchev–Trinajstić information content (AvgIpc) is 3.13. The van der Waals surface area contributed by atoms with Gasteiger partial charge in [0.2, 0.25) is 5.91 Å². The van der Waals surface area contributed by atoms with Gasteiger partial charge in [-0.2, -0.15) is 5.10 Å². The van der Waals surface area contributed by atoms with E-state index < -0.39 is 0 Å². The average molecular weight is 278 g/mol. The number of aromatic nitrogens is 2. The summed E-state index contributed by atoms with van der Waals surface area (Å²) >= 11 is 0. The van der Waals surface area contributed by atoms with E-state index in [9.17, 15) is 4.79 Å². The smallest absolute Gasteiger partial charge is 0.247 e. The van der Waals surface area contributed by atoms with Crippen LogP contribution in [0, 0.1) is 0 Å². The first-order chi connectivity index (χ1) is 10.3. The number of carbonyl (C=O) groups is 1. The van der Waals surface area contributed by atoms with Crippen LogP contribution in [-0.4, -0.2) is 22.1 Å². The van der Waals surface area contributed by atoms with Gasteiger partial charge in [0.1, 0.15) is 6.04 Å². The molecule has 1 aliphatic heterocycles. The molecular formula is C16H14N4O. The zero-order chi connectivity index (χ0) is 14.2. The minimum Gasteiger partial charge on any atom is -0.373 e. The topological polar surface area (TPSA) is 69.8 Å². The minimum atomic E-state index is -0.222. The highest BCUT2D eigenvalue weighted by Gasteiger charge is 2.26. The number of nitrogens with one attached hydrogen (secondary N) is 3. The van der Waals surface area contributed by atoms with Gasteiger partial charge in [0.25, 0.3) is 0 Å². The van der Waals surface area contributed by atoms with Crippen molar-refractivity contribution in [2.45, 2.75) is 12.5 Å². The van der Waals surface area contributed by atoms with Crippen LogP contribution >= 0.6 is 0 Å². The predicted molar refractivity (Wildman–Crippen MR) is 82.3 cm³/mol. The van der Waals surface area contributed by atoms with Crippen LogP contribution in [0.15, 0.2) is 48.7 Å². The first kappa shape index (κ1) is 12.0. The normalized spacial score (nSPS) is 16.5. The molecule has 0 spiro atoms. The van der Waals surface area contributed by atoms with Gasteiger partial charge in [-0.3, -0.25) is 9.89 Å². The molecule has 1 aliphatic rings. The Morgan fingerprint density at radius 1 is 1.24 bits per heavy atom. The zero-order valence-corrected chi connectivity index (χ0v) is 11.3.